The topological polar surface area (TPSA) is 135 Å². The number of phenolic OH excluding ortho intramolecular Hbond substituents is 3. The maximum absolute atomic E-state index is 11.3. The molecule has 0 spiro atoms. The molecule has 3 aliphatic rings. The molecule has 0 unspecified atom stereocenters. The summed E-state index contributed by atoms with van der Waals surface area (Å²) in [5.41, 5.74) is 10.5. The number of fused-ring (bicyclic) bond motifs is 7. The molecular weight excluding hydrogens is 448 g/mol. The van der Waals surface area contributed by atoms with Gasteiger partial charge in [-0.25, -0.2) is 0 Å². The fourth-order valence-electron chi connectivity index (χ4n) is 6.88. The van der Waals surface area contributed by atoms with Gasteiger partial charge in [0.2, 0.25) is 0 Å². The second kappa shape index (κ2) is 8.19. The van der Waals surface area contributed by atoms with Crippen molar-refractivity contribution in [1.29, 1.82) is 5.26 Å². The summed E-state index contributed by atoms with van der Waals surface area (Å²) in [5, 5.41) is 44.0. The highest BCUT2D eigenvalue weighted by Gasteiger charge is 2.56. The first-order chi connectivity index (χ1) is 16.7. The van der Waals surface area contributed by atoms with Gasteiger partial charge in [-0.2, -0.15) is 5.26 Å². The number of nitrogens with zero attached hydrogens (tertiary/aromatic N) is 3. The van der Waals surface area contributed by atoms with Crippen molar-refractivity contribution in [3.63, 3.8) is 0 Å². The van der Waals surface area contributed by atoms with E-state index in [1.807, 2.05) is 20.0 Å². The summed E-state index contributed by atoms with van der Waals surface area (Å²) < 4.78 is 10.9. The smallest absolute Gasteiger partial charge is 0.167 e. The van der Waals surface area contributed by atoms with Crippen molar-refractivity contribution in [2.45, 2.75) is 56.9 Å². The molecule has 2 aromatic carbocycles. The molecule has 5 N–H and O–H groups in total. The maximum atomic E-state index is 11.3. The van der Waals surface area contributed by atoms with Gasteiger partial charge in [-0.3, -0.25) is 9.80 Å². The van der Waals surface area contributed by atoms with Crippen LogP contribution >= 0.6 is 0 Å². The van der Waals surface area contributed by atoms with Gasteiger partial charge in [0.05, 0.1) is 32.4 Å². The molecule has 2 aromatic rings. The number of hydrogen-bond donors (Lipinski definition) is 4. The molecule has 3 aliphatic heterocycles. The maximum Gasteiger partial charge on any atom is 0.167 e. The SMILES string of the molecule is COc1c(C)cc2c(c1O)[C@@H]1[C@@H]3Cc4c(O)c(C)c(OC)c(O)c4[C@H](CN)N3[C@@H](C#N)[C@H](C2)N1C. The zero-order chi connectivity index (χ0) is 25.3. The van der Waals surface area contributed by atoms with Crippen molar-refractivity contribution in [2.75, 3.05) is 27.8 Å². The minimum Gasteiger partial charge on any atom is -0.507 e. The molecule has 35 heavy (non-hydrogen) atoms. The summed E-state index contributed by atoms with van der Waals surface area (Å²) in [6.07, 6.45) is 0.950. The third-order valence-corrected chi connectivity index (χ3v) is 8.33. The van der Waals surface area contributed by atoms with E-state index in [-0.39, 0.29) is 47.7 Å². The molecule has 1 fully saturated rings. The zero-order valence-corrected chi connectivity index (χ0v) is 20.7. The molecule has 2 bridgehead atoms. The van der Waals surface area contributed by atoms with Crippen LogP contribution in [0.2, 0.25) is 0 Å². The molecule has 0 aromatic heterocycles. The van der Waals surface area contributed by atoms with E-state index in [0.717, 1.165) is 16.7 Å². The lowest BCUT2D eigenvalue weighted by Crippen LogP contribution is -2.68. The molecule has 186 valence electrons. The largest absolute Gasteiger partial charge is 0.507 e. The van der Waals surface area contributed by atoms with Gasteiger partial charge in [0.25, 0.3) is 0 Å². The molecule has 1 saturated heterocycles. The predicted molar refractivity (Wildman–Crippen MR) is 129 cm³/mol. The normalized spacial score (nSPS) is 27.4. The van der Waals surface area contributed by atoms with E-state index in [0.29, 0.717) is 35.3 Å². The molecule has 0 radical (unpaired) electrons. The van der Waals surface area contributed by atoms with Gasteiger partial charge in [-0.05, 0) is 44.9 Å². The van der Waals surface area contributed by atoms with Gasteiger partial charge < -0.3 is 30.5 Å². The summed E-state index contributed by atoms with van der Waals surface area (Å²) >= 11 is 0. The third-order valence-electron chi connectivity index (χ3n) is 8.33. The number of aryl methyl sites for hydroxylation is 1. The van der Waals surface area contributed by atoms with Crippen molar-refractivity contribution < 1.29 is 24.8 Å². The second-order valence-corrected chi connectivity index (χ2v) is 9.82. The minimum atomic E-state index is -0.511. The molecule has 5 atom stereocenters. The van der Waals surface area contributed by atoms with E-state index in [4.69, 9.17) is 15.2 Å². The van der Waals surface area contributed by atoms with Gasteiger partial charge in [-0.15, -0.1) is 0 Å². The van der Waals surface area contributed by atoms with Crippen molar-refractivity contribution in [2.24, 2.45) is 5.73 Å². The summed E-state index contributed by atoms with van der Waals surface area (Å²) in [5.74, 6) is 0.781. The van der Waals surface area contributed by atoms with Gasteiger partial charge >= 0.3 is 0 Å². The van der Waals surface area contributed by atoms with Crippen LogP contribution in [0.25, 0.3) is 0 Å². The van der Waals surface area contributed by atoms with Crippen LogP contribution in [0.1, 0.15) is 45.5 Å². The number of methoxy groups -OCH3 is 2. The van der Waals surface area contributed by atoms with E-state index in [1.165, 1.54) is 7.11 Å². The molecule has 0 amide bonds. The van der Waals surface area contributed by atoms with Crippen LogP contribution in [0, 0.1) is 25.2 Å². The summed E-state index contributed by atoms with van der Waals surface area (Å²) in [4.78, 5) is 4.25. The second-order valence-electron chi connectivity index (χ2n) is 9.82. The van der Waals surface area contributed by atoms with Crippen molar-refractivity contribution in [3.8, 4) is 34.8 Å². The average Bonchev–Trinajstić information content (AvgIpc) is 2.83. The molecule has 9 nitrogen and oxygen atoms in total. The van der Waals surface area contributed by atoms with E-state index < -0.39 is 12.1 Å². The number of piperazine rings is 1. The number of nitrogens with two attached hydrogens (primary N) is 1. The van der Waals surface area contributed by atoms with Crippen LogP contribution in [0.4, 0.5) is 0 Å². The highest BCUT2D eigenvalue weighted by molar-refractivity contribution is 5.65. The number of aromatic hydroxyl groups is 3. The number of hydrogen-bond acceptors (Lipinski definition) is 9. The fraction of sp³-hybridized carbons (Fsp3) is 0.500. The highest BCUT2D eigenvalue weighted by atomic mass is 16.5. The number of nitriles is 1. The van der Waals surface area contributed by atoms with Crippen molar-refractivity contribution >= 4 is 0 Å². The number of likely N-dealkylation sites (N-methyl/N-ethyl adjacent to an activating group) is 1. The number of benzene rings is 2. The Morgan fingerprint density at radius 2 is 1.69 bits per heavy atom. The molecular formula is C26H32N4O5. The Hall–Kier alpha value is -3.19. The minimum absolute atomic E-state index is 0.0481. The van der Waals surface area contributed by atoms with Crippen LogP contribution in [-0.4, -0.2) is 71.1 Å². The monoisotopic (exact) mass is 480 g/mol. The van der Waals surface area contributed by atoms with Gasteiger partial charge in [0.15, 0.2) is 23.0 Å². The Kier molecular flexibility index (Phi) is 5.51. The third kappa shape index (κ3) is 2.97. The highest BCUT2D eigenvalue weighted by Crippen LogP contribution is 2.56. The Bertz CT molecular complexity index is 1260. The number of phenols is 3. The van der Waals surface area contributed by atoms with E-state index in [2.05, 4.69) is 15.9 Å². The van der Waals surface area contributed by atoms with Gasteiger partial charge in [0.1, 0.15) is 11.8 Å². The summed E-state index contributed by atoms with van der Waals surface area (Å²) in [6.45, 7) is 3.74. The zero-order valence-electron chi connectivity index (χ0n) is 20.7. The average molecular weight is 481 g/mol. The molecule has 0 aliphatic carbocycles. The molecule has 9 heteroatoms. The van der Waals surface area contributed by atoms with Crippen molar-refractivity contribution in [1.82, 2.24) is 9.80 Å². The fourth-order valence-corrected chi connectivity index (χ4v) is 6.88. The first-order valence-electron chi connectivity index (χ1n) is 11.8. The molecule has 3 heterocycles. The lowest BCUT2D eigenvalue weighted by molar-refractivity contribution is -0.0711. The lowest BCUT2D eigenvalue weighted by Gasteiger charge is -2.59. The first kappa shape index (κ1) is 23.5. The standard InChI is InChI=1S/C26H32N4O5/c1-11-6-13-7-15-17(9-27)30-16(21(29(15)3)19(13)23(32)25(11)34-4)8-14-20(18(30)10-28)24(33)26(35-5)12(2)22(14)31/h6,15-18,21,31-33H,7-8,10,28H2,1-5H3/t15-,16-,17-,18-,21-/m0/s1. The van der Waals surface area contributed by atoms with Crippen LogP contribution in [0.3, 0.4) is 0 Å². The predicted octanol–water partition coefficient (Wildman–Crippen LogP) is 2.17. The Morgan fingerprint density at radius 1 is 1.03 bits per heavy atom. The molecule has 5 rings (SSSR count). The van der Waals surface area contributed by atoms with Crippen LogP contribution < -0.4 is 15.2 Å². The Balaban J connectivity index is 1.78. The Morgan fingerprint density at radius 3 is 2.29 bits per heavy atom. The Labute approximate surface area is 204 Å². The van der Waals surface area contributed by atoms with Crippen molar-refractivity contribution in [3.05, 3.63) is 39.4 Å². The summed E-state index contributed by atoms with van der Waals surface area (Å²) in [7, 11) is 4.97. The molecule has 0 saturated carbocycles. The van der Waals surface area contributed by atoms with Crippen LogP contribution in [0.15, 0.2) is 6.07 Å². The van der Waals surface area contributed by atoms with E-state index in [1.54, 1.807) is 14.0 Å². The first-order valence-corrected chi connectivity index (χ1v) is 11.8. The lowest BCUT2D eigenvalue weighted by atomic mass is 9.71. The van der Waals surface area contributed by atoms with E-state index >= 15 is 0 Å². The van der Waals surface area contributed by atoms with Crippen LogP contribution in [0.5, 0.6) is 28.7 Å². The number of ether oxygens (including phenoxy) is 2. The van der Waals surface area contributed by atoms with Gasteiger partial charge in [0, 0.05) is 40.9 Å². The van der Waals surface area contributed by atoms with E-state index in [9.17, 15) is 20.6 Å². The van der Waals surface area contributed by atoms with Gasteiger partial charge in [-0.1, -0.05) is 6.07 Å². The number of rotatable bonds is 3. The quantitative estimate of drug-likeness (QED) is 0.487. The summed E-state index contributed by atoms with van der Waals surface area (Å²) in [6, 6.07) is 2.84. The van der Waals surface area contributed by atoms with Crippen LogP contribution in [-0.2, 0) is 12.8 Å².